The van der Waals surface area contributed by atoms with Gasteiger partial charge in [-0.3, -0.25) is 0 Å². The molecule has 1 N–H and O–H groups in total. The maximum absolute atomic E-state index is 11.3. The third-order valence-corrected chi connectivity index (χ3v) is 6.46. The number of aliphatic hydroxyl groups excluding tert-OH is 1. The van der Waals surface area contributed by atoms with Gasteiger partial charge in [0.25, 0.3) is 0 Å². The summed E-state index contributed by atoms with van der Waals surface area (Å²) in [6, 6.07) is 10.0. The lowest BCUT2D eigenvalue weighted by molar-refractivity contribution is 0.111. The van der Waals surface area contributed by atoms with E-state index in [1.54, 1.807) is 0 Å². The van der Waals surface area contributed by atoms with Gasteiger partial charge in [-0.05, 0) is 44.5 Å². The summed E-state index contributed by atoms with van der Waals surface area (Å²) < 4.78 is 5.70. The van der Waals surface area contributed by atoms with Crippen molar-refractivity contribution in [2.45, 2.75) is 104 Å². The minimum atomic E-state index is -0.544. The SMILES string of the molecule is CCCCCCCCN(CCCCCCCC)C[C@H](O)c1cc(OCC)nc2ccccc12. The van der Waals surface area contributed by atoms with E-state index in [0.29, 0.717) is 19.0 Å². The number of ether oxygens (including phenoxy) is 1. The van der Waals surface area contributed by atoms with Gasteiger partial charge < -0.3 is 14.7 Å². The predicted molar refractivity (Wildman–Crippen MR) is 141 cm³/mol. The van der Waals surface area contributed by atoms with Crippen LogP contribution in [0.4, 0.5) is 0 Å². The molecular weight excluding hydrogens is 408 g/mol. The molecule has 0 saturated carbocycles. The van der Waals surface area contributed by atoms with Crippen molar-refractivity contribution >= 4 is 10.9 Å². The Bertz CT molecular complexity index is 748. The maximum atomic E-state index is 11.3. The highest BCUT2D eigenvalue weighted by Gasteiger charge is 2.18. The predicted octanol–water partition coefficient (Wildman–Crippen LogP) is 7.69. The van der Waals surface area contributed by atoms with Crippen LogP contribution >= 0.6 is 0 Å². The Balaban J connectivity index is 2.01. The number of nitrogens with zero attached hydrogens (tertiary/aromatic N) is 2. The summed E-state index contributed by atoms with van der Waals surface area (Å²) in [7, 11) is 0. The molecule has 33 heavy (non-hydrogen) atoms. The van der Waals surface area contributed by atoms with Crippen LogP contribution < -0.4 is 4.74 Å². The van der Waals surface area contributed by atoms with Crippen molar-refractivity contribution in [1.29, 1.82) is 0 Å². The molecule has 0 spiro atoms. The molecular formula is C29H48N2O2. The molecule has 186 valence electrons. The fourth-order valence-electron chi connectivity index (χ4n) is 4.54. The van der Waals surface area contributed by atoms with Crippen molar-refractivity contribution in [1.82, 2.24) is 9.88 Å². The monoisotopic (exact) mass is 456 g/mol. The molecule has 0 radical (unpaired) electrons. The minimum Gasteiger partial charge on any atom is -0.478 e. The third-order valence-electron chi connectivity index (χ3n) is 6.46. The average Bonchev–Trinajstić information content (AvgIpc) is 2.82. The number of aromatic nitrogens is 1. The standard InChI is InChI=1S/C29H48N2O2/c1-4-7-9-11-13-17-21-31(22-18-14-12-10-8-5-2)24-28(32)26-23-29(33-6-3)30-27-20-16-15-19-25(26)27/h15-16,19-20,23,28,32H,4-14,17-18,21-22,24H2,1-3H3/t28-/m0/s1. The molecule has 1 atom stereocenters. The fraction of sp³-hybridized carbons (Fsp3) is 0.690. The number of fused-ring (bicyclic) bond motifs is 1. The summed E-state index contributed by atoms with van der Waals surface area (Å²) in [4.78, 5) is 7.10. The molecule has 0 fully saturated rings. The summed E-state index contributed by atoms with van der Waals surface area (Å²) in [6.07, 6.45) is 15.1. The smallest absolute Gasteiger partial charge is 0.214 e. The van der Waals surface area contributed by atoms with Crippen LogP contribution in [0.25, 0.3) is 10.9 Å². The van der Waals surface area contributed by atoms with Gasteiger partial charge in [0.2, 0.25) is 5.88 Å². The number of unbranched alkanes of at least 4 members (excludes halogenated alkanes) is 10. The number of hydrogen-bond donors (Lipinski definition) is 1. The van der Waals surface area contributed by atoms with Gasteiger partial charge in [-0.2, -0.15) is 0 Å². The molecule has 4 nitrogen and oxygen atoms in total. The quantitative estimate of drug-likeness (QED) is 0.220. The normalized spacial score (nSPS) is 12.5. The molecule has 1 heterocycles. The minimum absolute atomic E-state index is 0.544. The third kappa shape index (κ3) is 10.4. The summed E-state index contributed by atoms with van der Waals surface area (Å²) >= 11 is 0. The van der Waals surface area contributed by atoms with E-state index in [4.69, 9.17) is 4.74 Å². The topological polar surface area (TPSA) is 45.6 Å². The Hall–Kier alpha value is -1.65. The maximum Gasteiger partial charge on any atom is 0.214 e. The van der Waals surface area contributed by atoms with Crippen LogP contribution in [-0.2, 0) is 0 Å². The lowest BCUT2D eigenvalue weighted by Gasteiger charge is -2.26. The van der Waals surface area contributed by atoms with E-state index in [1.165, 1.54) is 77.0 Å². The Morgan fingerprint density at radius 3 is 2.00 bits per heavy atom. The Morgan fingerprint density at radius 2 is 1.39 bits per heavy atom. The highest BCUT2D eigenvalue weighted by Crippen LogP contribution is 2.28. The number of benzene rings is 1. The summed E-state index contributed by atoms with van der Waals surface area (Å²) in [5.74, 6) is 0.601. The summed E-state index contributed by atoms with van der Waals surface area (Å²) in [6.45, 7) is 9.88. The Labute approximate surface area is 202 Å². The molecule has 2 rings (SSSR count). The first-order chi connectivity index (χ1) is 16.2. The molecule has 0 unspecified atom stereocenters. The molecule has 0 aliphatic rings. The van der Waals surface area contributed by atoms with E-state index in [1.807, 2.05) is 31.2 Å². The van der Waals surface area contributed by atoms with Crippen LogP contribution in [0.2, 0.25) is 0 Å². The van der Waals surface area contributed by atoms with Crippen LogP contribution in [-0.4, -0.2) is 41.2 Å². The van der Waals surface area contributed by atoms with Crippen LogP contribution in [0.3, 0.4) is 0 Å². The van der Waals surface area contributed by atoms with Gasteiger partial charge in [-0.15, -0.1) is 0 Å². The summed E-state index contributed by atoms with van der Waals surface area (Å²) in [5, 5.41) is 12.3. The van der Waals surface area contributed by atoms with Crippen molar-refractivity contribution in [3.63, 3.8) is 0 Å². The highest BCUT2D eigenvalue weighted by atomic mass is 16.5. The van der Waals surface area contributed by atoms with E-state index in [-0.39, 0.29) is 0 Å². The molecule has 0 aliphatic carbocycles. The van der Waals surface area contributed by atoms with Crippen molar-refractivity contribution < 1.29 is 9.84 Å². The van der Waals surface area contributed by atoms with Crippen LogP contribution in [0.5, 0.6) is 5.88 Å². The second-order valence-corrected chi connectivity index (χ2v) is 9.35. The summed E-state index contributed by atoms with van der Waals surface area (Å²) in [5.41, 5.74) is 1.82. The molecule has 1 aromatic heterocycles. The molecule has 0 aliphatic heterocycles. The Morgan fingerprint density at radius 1 is 0.818 bits per heavy atom. The molecule has 2 aromatic rings. The van der Waals surface area contributed by atoms with Gasteiger partial charge in [0, 0.05) is 18.0 Å². The number of para-hydroxylation sites is 1. The lowest BCUT2D eigenvalue weighted by Crippen LogP contribution is -2.31. The van der Waals surface area contributed by atoms with Crippen molar-refractivity contribution in [3.8, 4) is 5.88 Å². The van der Waals surface area contributed by atoms with Gasteiger partial charge in [-0.25, -0.2) is 4.98 Å². The molecule has 0 bridgehead atoms. The van der Waals surface area contributed by atoms with Gasteiger partial charge in [0.15, 0.2) is 0 Å². The molecule has 1 aromatic carbocycles. The van der Waals surface area contributed by atoms with E-state index >= 15 is 0 Å². The largest absolute Gasteiger partial charge is 0.478 e. The zero-order valence-corrected chi connectivity index (χ0v) is 21.5. The first-order valence-electron chi connectivity index (χ1n) is 13.6. The van der Waals surface area contributed by atoms with E-state index in [0.717, 1.165) is 29.6 Å². The first-order valence-corrected chi connectivity index (χ1v) is 13.6. The molecule has 4 heteroatoms. The molecule has 0 saturated heterocycles. The molecule has 0 amide bonds. The number of aliphatic hydroxyl groups is 1. The highest BCUT2D eigenvalue weighted by molar-refractivity contribution is 5.83. The van der Waals surface area contributed by atoms with Gasteiger partial charge in [0.05, 0.1) is 18.2 Å². The van der Waals surface area contributed by atoms with Crippen molar-refractivity contribution in [2.75, 3.05) is 26.2 Å². The lowest BCUT2D eigenvalue weighted by atomic mass is 10.0. The van der Waals surface area contributed by atoms with E-state index in [2.05, 4.69) is 29.8 Å². The van der Waals surface area contributed by atoms with Crippen molar-refractivity contribution in [3.05, 3.63) is 35.9 Å². The van der Waals surface area contributed by atoms with E-state index in [9.17, 15) is 5.11 Å². The van der Waals surface area contributed by atoms with Gasteiger partial charge in [0.1, 0.15) is 0 Å². The van der Waals surface area contributed by atoms with Crippen LogP contribution in [0, 0.1) is 0 Å². The van der Waals surface area contributed by atoms with Gasteiger partial charge in [-0.1, -0.05) is 96.3 Å². The average molecular weight is 457 g/mol. The van der Waals surface area contributed by atoms with Crippen molar-refractivity contribution in [2.24, 2.45) is 0 Å². The second-order valence-electron chi connectivity index (χ2n) is 9.35. The number of pyridine rings is 1. The van der Waals surface area contributed by atoms with E-state index < -0.39 is 6.10 Å². The van der Waals surface area contributed by atoms with Gasteiger partial charge >= 0.3 is 0 Å². The zero-order valence-electron chi connectivity index (χ0n) is 21.5. The first kappa shape index (κ1) is 27.6. The Kier molecular flexibility index (Phi) is 14.1. The fourth-order valence-corrected chi connectivity index (χ4v) is 4.54. The zero-order chi connectivity index (χ0) is 23.7. The number of rotatable bonds is 19. The number of hydrogen-bond acceptors (Lipinski definition) is 4. The second kappa shape index (κ2) is 16.9. The van der Waals surface area contributed by atoms with Crippen LogP contribution in [0.15, 0.2) is 30.3 Å². The van der Waals surface area contributed by atoms with Crippen LogP contribution in [0.1, 0.15) is 109 Å².